The van der Waals surface area contributed by atoms with Crippen LogP contribution in [0.15, 0.2) is 46.9 Å². The molecular formula is C14H12BrClFN. The Hall–Kier alpha value is -0.900. The summed E-state index contributed by atoms with van der Waals surface area (Å²) >= 11 is 8.99. The van der Waals surface area contributed by atoms with Crippen LogP contribution < -0.4 is 5.32 Å². The monoisotopic (exact) mass is 327 g/mol. The van der Waals surface area contributed by atoms with Crippen LogP contribution in [0.1, 0.15) is 11.1 Å². The van der Waals surface area contributed by atoms with Crippen LogP contribution in [-0.4, -0.2) is 0 Å². The lowest BCUT2D eigenvalue weighted by atomic mass is 10.2. The lowest BCUT2D eigenvalue weighted by molar-refractivity contribution is 0.618. The van der Waals surface area contributed by atoms with Crippen molar-refractivity contribution in [2.24, 2.45) is 0 Å². The molecule has 2 rings (SSSR count). The van der Waals surface area contributed by atoms with Crippen LogP contribution in [0.2, 0.25) is 5.02 Å². The molecule has 0 bridgehead atoms. The second-order valence-corrected chi connectivity index (χ2v) is 5.27. The van der Waals surface area contributed by atoms with Crippen molar-refractivity contribution in [3.63, 3.8) is 0 Å². The van der Waals surface area contributed by atoms with Gasteiger partial charge in [-0.3, -0.25) is 0 Å². The van der Waals surface area contributed by atoms with Crippen molar-refractivity contribution >= 4 is 27.5 Å². The summed E-state index contributed by atoms with van der Waals surface area (Å²) < 4.78 is 13.5. The second-order valence-electron chi connectivity index (χ2n) is 3.98. The van der Waals surface area contributed by atoms with Gasteiger partial charge in [0.25, 0.3) is 0 Å². The number of halogens is 3. The van der Waals surface area contributed by atoms with E-state index in [4.69, 9.17) is 11.6 Å². The molecule has 2 aromatic carbocycles. The Morgan fingerprint density at radius 1 is 1.00 bits per heavy atom. The average molecular weight is 329 g/mol. The number of benzene rings is 2. The highest BCUT2D eigenvalue weighted by molar-refractivity contribution is 9.10. The minimum Gasteiger partial charge on any atom is -0.309 e. The largest absolute Gasteiger partial charge is 0.309 e. The third-order valence-corrected chi connectivity index (χ3v) is 3.42. The second kappa shape index (κ2) is 6.32. The van der Waals surface area contributed by atoms with E-state index in [1.54, 1.807) is 12.1 Å². The minimum atomic E-state index is -0.239. The molecule has 0 fully saturated rings. The Labute approximate surface area is 119 Å². The summed E-state index contributed by atoms with van der Waals surface area (Å²) in [6.07, 6.45) is 0. The molecule has 0 aliphatic carbocycles. The van der Waals surface area contributed by atoms with Gasteiger partial charge >= 0.3 is 0 Å². The Bertz CT molecular complexity index is 528. The van der Waals surface area contributed by atoms with Crippen molar-refractivity contribution in [3.8, 4) is 0 Å². The molecule has 0 spiro atoms. The van der Waals surface area contributed by atoms with Crippen LogP contribution >= 0.6 is 27.5 Å². The smallest absolute Gasteiger partial charge is 0.137 e. The Morgan fingerprint density at radius 3 is 2.28 bits per heavy atom. The van der Waals surface area contributed by atoms with Gasteiger partial charge in [0.15, 0.2) is 0 Å². The molecule has 94 valence electrons. The number of hydrogen-bond donors (Lipinski definition) is 1. The predicted molar refractivity (Wildman–Crippen MR) is 76.1 cm³/mol. The van der Waals surface area contributed by atoms with Crippen molar-refractivity contribution in [2.75, 3.05) is 0 Å². The van der Waals surface area contributed by atoms with Crippen LogP contribution in [0.4, 0.5) is 4.39 Å². The summed E-state index contributed by atoms with van der Waals surface area (Å²) in [6, 6.07) is 12.7. The molecule has 0 aromatic heterocycles. The fourth-order valence-corrected chi connectivity index (χ4v) is 2.16. The van der Waals surface area contributed by atoms with Gasteiger partial charge in [-0.25, -0.2) is 4.39 Å². The molecule has 2 aromatic rings. The average Bonchev–Trinajstić information content (AvgIpc) is 2.36. The van der Waals surface area contributed by atoms with Gasteiger partial charge in [0.2, 0.25) is 0 Å². The standard InChI is InChI=1S/C14H12BrClFN/c15-13-7-11(3-6-14(13)17)9-18-8-10-1-4-12(16)5-2-10/h1-7,18H,8-9H2. The van der Waals surface area contributed by atoms with E-state index in [0.29, 0.717) is 11.0 Å². The van der Waals surface area contributed by atoms with Gasteiger partial charge in [0.1, 0.15) is 5.82 Å². The Morgan fingerprint density at radius 2 is 1.61 bits per heavy atom. The molecular weight excluding hydrogens is 317 g/mol. The summed E-state index contributed by atoms with van der Waals surface area (Å²) in [4.78, 5) is 0. The highest BCUT2D eigenvalue weighted by atomic mass is 79.9. The molecule has 0 radical (unpaired) electrons. The molecule has 0 saturated heterocycles. The first kappa shape index (κ1) is 13.5. The number of nitrogens with one attached hydrogen (secondary N) is 1. The van der Waals surface area contributed by atoms with E-state index in [0.717, 1.165) is 17.1 Å². The van der Waals surface area contributed by atoms with E-state index in [2.05, 4.69) is 21.2 Å². The normalized spacial score (nSPS) is 10.6. The molecule has 1 nitrogen and oxygen atoms in total. The van der Waals surface area contributed by atoms with E-state index in [1.807, 2.05) is 24.3 Å². The zero-order valence-electron chi connectivity index (χ0n) is 9.59. The van der Waals surface area contributed by atoms with Crippen molar-refractivity contribution < 1.29 is 4.39 Å². The third-order valence-electron chi connectivity index (χ3n) is 2.56. The van der Waals surface area contributed by atoms with Gasteiger partial charge in [0, 0.05) is 18.1 Å². The van der Waals surface area contributed by atoms with Gasteiger partial charge in [0.05, 0.1) is 4.47 Å². The Kier molecular flexibility index (Phi) is 4.75. The van der Waals surface area contributed by atoms with E-state index in [-0.39, 0.29) is 5.82 Å². The van der Waals surface area contributed by atoms with Gasteiger partial charge in [-0.15, -0.1) is 0 Å². The van der Waals surface area contributed by atoms with E-state index in [1.165, 1.54) is 11.6 Å². The zero-order valence-corrected chi connectivity index (χ0v) is 11.9. The van der Waals surface area contributed by atoms with E-state index < -0.39 is 0 Å². The van der Waals surface area contributed by atoms with Gasteiger partial charge in [-0.05, 0) is 51.3 Å². The molecule has 4 heteroatoms. The predicted octanol–water partition coefficient (Wildman–Crippen LogP) is 4.53. The van der Waals surface area contributed by atoms with E-state index >= 15 is 0 Å². The molecule has 0 aliphatic rings. The molecule has 0 amide bonds. The summed E-state index contributed by atoms with van der Waals surface area (Å²) in [7, 11) is 0. The first-order valence-electron chi connectivity index (χ1n) is 5.54. The highest BCUT2D eigenvalue weighted by Gasteiger charge is 2.00. The molecule has 0 unspecified atom stereocenters. The topological polar surface area (TPSA) is 12.0 Å². The highest BCUT2D eigenvalue weighted by Crippen LogP contribution is 2.16. The van der Waals surface area contributed by atoms with Gasteiger partial charge in [-0.2, -0.15) is 0 Å². The SMILES string of the molecule is Fc1ccc(CNCc2ccc(Cl)cc2)cc1Br. The summed E-state index contributed by atoms with van der Waals surface area (Å²) in [5.74, 6) is -0.239. The van der Waals surface area contributed by atoms with Crippen molar-refractivity contribution in [3.05, 3.63) is 68.9 Å². The lowest BCUT2D eigenvalue weighted by Gasteiger charge is -2.06. The molecule has 0 heterocycles. The summed E-state index contributed by atoms with van der Waals surface area (Å²) in [5.41, 5.74) is 2.21. The first-order chi connectivity index (χ1) is 8.65. The maximum atomic E-state index is 13.0. The van der Waals surface area contributed by atoms with Gasteiger partial charge in [-0.1, -0.05) is 29.8 Å². The van der Waals surface area contributed by atoms with Crippen LogP contribution in [-0.2, 0) is 13.1 Å². The van der Waals surface area contributed by atoms with Crippen LogP contribution in [0.25, 0.3) is 0 Å². The lowest BCUT2D eigenvalue weighted by Crippen LogP contribution is -2.12. The molecule has 18 heavy (non-hydrogen) atoms. The maximum Gasteiger partial charge on any atom is 0.137 e. The van der Waals surface area contributed by atoms with Crippen LogP contribution in [0.3, 0.4) is 0 Å². The van der Waals surface area contributed by atoms with Gasteiger partial charge < -0.3 is 5.32 Å². The molecule has 0 atom stereocenters. The third kappa shape index (κ3) is 3.80. The van der Waals surface area contributed by atoms with Crippen LogP contribution in [0.5, 0.6) is 0 Å². The zero-order chi connectivity index (χ0) is 13.0. The maximum absolute atomic E-state index is 13.0. The van der Waals surface area contributed by atoms with Crippen LogP contribution in [0, 0.1) is 5.82 Å². The van der Waals surface area contributed by atoms with Crippen molar-refractivity contribution in [1.29, 1.82) is 0 Å². The molecule has 0 saturated carbocycles. The Balaban J connectivity index is 1.88. The van der Waals surface area contributed by atoms with E-state index in [9.17, 15) is 4.39 Å². The summed E-state index contributed by atoms with van der Waals surface area (Å²) in [5, 5.41) is 4.03. The fourth-order valence-electron chi connectivity index (χ4n) is 1.60. The molecule has 0 aliphatic heterocycles. The first-order valence-corrected chi connectivity index (χ1v) is 6.71. The van der Waals surface area contributed by atoms with Crippen molar-refractivity contribution in [1.82, 2.24) is 5.32 Å². The number of rotatable bonds is 4. The summed E-state index contributed by atoms with van der Waals surface area (Å²) in [6.45, 7) is 1.45. The van der Waals surface area contributed by atoms with Crippen molar-refractivity contribution in [2.45, 2.75) is 13.1 Å². The number of hydrogen-bond acceptors (Lipinski definition) is 1. The minimum absolute atomic E-state index is 0.239. The fraction of sp³-hybridized carbons (Fsp3) is 0.143. The molecule has 1 N–H and O–H groups in total. The quantitative estimate of drug-likeness (QED) is 0.869.